The Morgan fingerprint density at radius 2 is 1.73 bits per heavy atom. The van der Waals surface area contributed by atoms with Gasteiger partial charge in [-0.15, -0.1) is 24.0 Å². The minimum absolute atomic E-state index is 0. The lowest BCUT2D eigenvalue weighted by Gasteiger charge is -2.23. The van der Waals surface area contributed by atoms with Crippen LogP contribution in [0.3, 0.4) is 0 Å². The third kappa shape index (κ3) is 8.96. The summed E-state index contributed by atoms with van der Waals surface area (Å²) in [4.78, 5) is 4.49. The van der Waals surface area contributed by atoms with E-state index in [1.807, 2.05) is 31.2 Å². The van der Waals surface area contributed by atoms with Gasteiger partial charge in [0, 0.05) is 12.1 Å². The maximum absolute atomic E-state index is 5.65. The molecular formula is C16H28IN3O2. The molecule has 0 aliphatic rings. The summed E-state index contributed by atoms with van der Waals surface area (Å²) in [7, 11) is 1.65. The first kappa shape index (κ1) is 20.8. The summed E-state index contributed by atoms with van der Waals surface area (Å²) in [6.07, 6.45) is 0. The third-order valence-electron chi connectivity index (χ3n) is 2.53. The van der Waals surface area contributed by atoms with E-state index in [4.69, 9.17) is 9.47 Å². The van der Waals surface area contributed by atoms with Gasteiger partial charge in [0.05, 0.1) is 13.7 Å². The van der Waals surface area contributed by atoms with Crippen LogP contribution in [-0.2, 0) is 0 Å². The predicted molar refractivity (Wildman–Crippen MR) is 103 cm³/mol. The number of methoxy groups -OCH3 is 1. The Bertz CT molecular complexity index is 442. The van der Waals surface area contributed by atoms with Gasteiger partial charge < -0.3 is 20.1 Å². The van der Waals surface area contributed by atoms with Gasteiger partial charge in [-0.1, -0.05) is 0 Å². The van der Waals surface area contributed by atoms with E-state index in [0.717, 1.165) is 24.0 Å². The van der Waals surface area contributed by atoms with Crippen LogP contribution in [0.15, 0.2) is 29.3 Å². The summed E-state index contributed by atoms with van der Waals surface area (Å²) in [6.45, 7) is 10.3. The van der Waals surface area contributed by atoms with Gasteiger partial charge in [0.15, 0.2) is 5.96 Å². The average Bonchev–Trinajstić information content (AvgIpc) is 2.43. The van der Waals surface area contributed by atoms with E-state index in [9.17, 15) is 0 Å². The van der Waals surface area contributed by atoms with Crippen molar-refractivity contribution in [2.24, 2.45) is 4.99 Å². The number of halogens is 1. The van der Waals surface area contributed by atoms with Gasteiger partial charge in [-0.3, -0.25) is 0 Å². The van der Waals surface area contributed by atoms with Crippen molar-refractivity contribution in [2.45, 2.75) is 33.2 Å². The minimum Gasteiger partial charge on any atom is -0.497 e. The molecule has 6 heteroatoms. The van der Waals surface area contributed by atoms with Crippen LogP contribution in [0.5, 0.6) is 11.5 Å². The second kappa shape index (κ2) is 10.5. The summed E-state index contributed by atoms with van der Waals surface area (Å²) in [6, 6.07) is 7.54. The van der Waals surface area contributed by atoms with E-state index in [1.54, 1.807) is 7.11 Å². The molecule has 1 aromatic carbocycles. The summed E-state index contributed by atoms with van der Waals surface area (Å²) >= 11 is 0. The number of rotatable bonds is 6. The van der Waals surface area contributed by atoms with Crippen LogP contribution in [0.25, 0.3) is 0 Å². The number of nitrogens with zero attached hydrogens (tertiary/aromatic N) is 1. The normalized spacial score (nSPS) is 11.4. The highest BCUT2D eigenvalue weighted by Crippen LogP contribution is 2.16. The lowest BCUT2D eigenvalue weighted by Crippen LogP contribution is -2.47. The zero-order chi connectivity index (χ0) is 15.7. The molecule has 0 spiro atoms. The molecule has 0 aromatic heterocycles. The molecule has 0 aliphatic carbocycles. The molecule has 22 heavy (non-hydrogen) atoms. The van der Waals surface area contributed by atoms with Crippen molar-refractivity contribution >= 4 is 29.9 Å². The molecule has 2 N–H and O–H groups in total. The minimum atomic E-state index is -0.0160. The molecule has 0 bridgehead atoms. The highest BCUT2D eigenvalue weighted by molar-refractivity contribution is 14.0. The van der Waals surface area contributed by atoms with Crippen molar-refractivity contribution in [3.05, 3.63) is 24.3 Å². The maximum Gasteiger partial charge on any atom is 0.191 e. The topological polar surface area (TPSA) is 54.9 Å². The standard InChI is InChI=1S/C16H27N3O2.HI/c1-6-17-15(19-16(2,3)4)18-11-12-21-14-9-7-13(20-5)8-10-14;/h7-10H,6,11-12H2,1-5H3,(H2,17,18,19);1H. The van der Waals surface area contributed by atoms with Crippen LogP contribution in [0.2, 0.25) is 0 Å². The van der Waals surface area contributed by atoms with Crippen LogP contribution in [0, 0.1) is 0 Å². The summed E-state index contributed by atoms with van der Waals surface area (Å²) in [5, 5.41) is 6.56. The van der Waals surface area contributed by atoms with E-state index in [-0.39, 0.29) is 29.5 Å². The SMILES string of the molecule is CCNC(=NCCOc1ccc(OC)cc1)NC(C)(C)C.I. The number of guanidine groups is 1. The molecule has 126 valence electrons. The van der Waals surface area contributed by atoms with Crippen molar-refractivity contribution in [1.82, 2.24) is 10.6 Å². The molecule has 0 aliphatic heterocycles. The molecule has 0 saturated heterocycles. The smallest absolute Gasteiger partial charge is 0.191 e. The Balaban J connectivity index is 0.00000441. The first-order valence-corrected chi connectivity index (χ1v) is 7.28. The van der Waals surface area contributed by atoms with E-state index >= 15 is 0 Å². The van der Waals surface area contributed by atoms with Gasteiger partial charge in [0.25, 0.3) is 0 Å². The number of hydrogen-bond acceptors (Lipinski definition) is 3. The molecule has 5 nitrogen and oxygen atoms in total. The zero-order valence-electron chi connectivity index (χ0n) is 14.1. The molecule has 0 atom stereocenters. The third-order valence-corrected chi connectivity index (χ3v) is 2.53. The highest BCUT2D eigenvalue weighted by Gasteiger charge is 2.11. The largest absolute Gasteiger partial charge is 0.497 e. The number of ether oxygens (including phenoxy) is 2. The molecule has 0 saturated carbocycles. The van der Waals surface area contributed by atoms with Crippen LogP contribution < -0.4 is 20.1 Å². The molecule has 0 amide bonds. The van der Waals surface area contributed by atoms with E-state index in [2.05, 4.69) is 36.4 Å². The van der Waals surface area contributed by atoms with Crippen molar-refractivity contribution < 1.29 is 9.47 Å². The number of benzene rings is 1. The molecule has 0 unspecified atom stereocenters. The fourth-order valence-electron chi connectivity index (χ4n) is 1.66. The molecule has 0 radical (unpaired) electrons. The summed E-state index contributed by atoms with van der Waals surface area (Å²) in [5.41, 5.74) is -0.0160. The van der Waals surface area contributed by atoms with Gasteiger partial charge in [0.1, 0.15) is 18.1 Å². The predicted octanol–water partition coefficient (Wildman–Crippen LogP) is 3.05. The fraction of sp³-hybridized carbons (Fsp3) is 0.562. The van der Waals surface area contributed by atoms with Crippen molar-refractivity contribution in [3.8, 4) is 11.5 Å². The summed E-state index contributed by atoms with van der Waals surface area (Å²) < 4.78 is 10.8. The maximum atomic E-state index is 5.65. The van der Waals surface area contributed by atoms with Crippen LogP contribution in [0.4, 0.5) is 0 Å². The van der Waals surface area contributed by atoms with E-state index in [0.29, 0.717) is 13.2 Å². The monoisotopic (exact) mass is 421 g/mol. The number of nitrogens with one attached hydrogen (secondary N) is 2. The first-order chi connectivity index (χ1) is 9.94. The lowest BCUT2D eigenvalue weighted by atomic mass is 10.1. The van der Waals surface area contributed by atoms with Gasteiger partial charge in [0.2, 0.25) is 0 Å². The summed E-state index contributed by atoms with van der Waals surface area (Å²) in [5.74, 6) is 2.45. The molecular weight excluding hydrogens is 393 g/mol. The van der Waals surface area contributed by atoms with Crippen LogP contribution in [0.1, 0.15) is 27.7 Å². The average molecular weight is 421 g/mol. The van der Waals surface area contributed by atoms with Gasteiger partial charge in [-0.05, 0) is 52.0 Å². The second-order valence-corrected chi connectivity index (χ2v) is 5.66. The molecule has 0 heterocycles. The quantitative estimate of drug-likeness (QED) is 0.321. The zero-order valence-corrected chi connectivity index (χ0v) is 16.4. The van der Waals surface area contributed by atoms with Crippen molar-refractivity contribution in [3.63, 3.8) is 0 Å². The Hall–Kier alpha value is -1.18. The van der Waals surface area contributed by atoms with Gasteiger partial charge >= 0.3 is 0 Å². The number of hydrogen-bond donors (Lipinski definition) is 2. The molecule has 0 fully saturated rings. The fourth-order valence-corrected chi connectivity index (χ4v) is 1.66. The Kier molecular flexibility index (Phi) is 9.97. The van der Waals surface area contributed by atoms with Crippen LogP contribution >= 0.6 is 24.0 Å². The van der Waals surface area contributed by atoms with E-state index < -0.39 is 0 Å². The number of aliphatic imine (C=N–C) groups is 1. The van der Waals surface area contributed by atoms with Gasteiger partial charge in [-0.25, -0.2) is 4.99 Å². The van der Waals surface area contributed by atoms with E-state index in [1.165, 1.54) is 0 Å². The highest BCUT2D eigenvalue weighted by atomic mass is 127. The van der Waals surface area contributed by atoms with Crippen LogP contribution in [-0.4, -0.2) is 38.3 Å². The molecule has 1 aromatic rings. The van der Waals surface area contributed by atoms with Crippen molar-refractivity contribution in [1.29, 1.82) is 0 Å². The van der Waals surface area contributed by atoms with Gasteiger partial charge in [-0.2, -0.15) is 0 Å². The van der Waals surface area contributed by atoms with Crippen molar-refractivity contribution in [2.75, 3.05) is 26.8 Å². The first-order valence-electron chi connectivity index (χ1n) is 7.28. The lowest BCUT2D eigenvalue weighted by molar-refractivity contribution is 0.327. The Morgan fingerprint density at radius 3 is 2.23 bits per heavy atom. The Morgan fingerprint density at radius 1 is 1.14 bits per heavy atom. The Labute approximate surface area is 150 Å². The second-order valence-electron chi connectivity index (χ2n) is 5.66. The molecule has 1 rings (SSSR count).